The zero-order valence-electron chi connectivity index (χ0n) is 15.8. The Balaban J connectivity index is 1.61. The van der Waals surface area contributed by atoms with Crippen LogP contribution in [0.15, 0.2) is 59.5 Å². The highest BCUT2D eigenvalue weighted by atomic mass is 32.2. The number of sulfonamides is 1. The summed E-state index contributed by atoms with van der Waals surface area (Å²) in [6.45, 7) is 3.06. The molecule has 1 aliphatic rings. The van der Waals surface area contributed by atoms with Crippen molar-refractivity contribution in [2.45, 2.75) is 30.6 Å². The standard InChI is InChI=1S/C21H25FN2O3S/c1-16(17-6-3-2-4-7-17)14-23-21(25)18-8-5-13-24(15-18)28(26,27)20-11-9-19(22)10-12-20/h2-4,6-7,9-12,16,18H,5,8,13-15H2,1H3,(H,23,25)/t16-,18-/m0/s1. The summed E-state index contributed by atoms with van der Waals surface area (Å²) in [7, 11) is -3.73. The zero-order chi connectivity index (χ0) is 20.1. The number of carbonyl (C=O) groups is 1. The molecule has 0 aromatic heterocycles. The highest BCUT2D eigenvalue weighted by Gasteiger charge is 2.33. The molecule has 1 aliphatic heterocycles. The molecular weight excluding hydrogens is 379 g/mol. The molecule has 3 rings (SSSR count). The van der Waals surface area contributed by atoms with Crippen molar-refractivity contribution in [2.24, 2.45) is 5.92 Å². The lowest BCUT2D eigenvalue weighted by Crippen LogP contribution is -2.45. The first-order valence-electron chi connectivity index (χ1n) is 9.46. The first kappa shape index (κ1) is 20.5. The number of nitrogens with zero attached hydrogens (tertiary/aromatic N) is 1. The molecule has 150 valence electrons. The van der Waals surface area contributed by atoms with Crippen molar-refractivity contribution >= 4 is 15.9 Å². The van der Waals surface area contributed by atoms with Crippen LogP contribution in [0.1, 0.15) is 31.2 Å². The van der Waals surface area contributed by atoms with Crippen LogP contribution in [-0.4, -0.2) is 38.3 Å². The third kappa shape index (κ3) is 4.77. The number of hydrogen-bond acceptors (Lipinski definition) is 3. The minimum absolute atomic E-state index is 0.0488. The molecule has 0 unspecified atom stereocenters. The van der Waals surface area contributed by atoms with Crippen molar-refractivity contribution < 1.29 is 17.6 Å². The van der Waals surface area contributed by atoms with E-state index in [0.717, 1.165) is 17.7 Å². The van der Waals surface area contributed by atoms with Gasteiger partial charge in [0.2, 0.25) is 15.9 Å². The number of amides is 1. The Bertz CT molecular complexity index is 901. The van der Waals surface area contributed by atoms with Crippen LogP contribution in [0.5, 0.6) is 0 Å². The predicted octanol–water partition coefficient (Wildman–Crippen LogP) is 3.15. The summed E-state index contributed by atoms with van der Waals surface area (Å²) in [5, 5.41) is 2.96. The molecule has 2 atom stereocenters. The van der Waals surface area contributed by atoms with Gasteiger partial charge in [-0.05, 0) is 48.6 Å². The van der Waals surface area contributed by atoms with Gasteiger partial charge in [0.25, 0.3) is 0 Å². The lowest BCUT2D eigenvalue weighted by atomic mass is 9.97. The van der Waals surface area contributed by atoms with Crippen molar-refractivity contribution in [3.05, 3.63) is 66.0 Å². The quantitative estimate of drug-likeness (QED) is 0.804. The summed E-state index contributed by atoms with van der Waals surface area (Å²) in [5.41, 5.74) is 1.15. The molecule has 0 saturated carbocycles. The van der Waals surface area contributed by atoms with Gasteiger partial charge in [-0.2, -0.15) is 4.31 Å². The molecule has 1 heterocycles. The normalized spacial score (nSPS) is 19.1. The summed E-state index contributed by atoms with van der Waals surface area (Å²) >= 11 is 0. The Labute approximate surface area is 165 Å². The Hall–Kier alpha value is -2.25. The van der Waals surface area contributed by atoms with Gasteiger partial charge in [0.15, 0.2) is 0 Å². The summed E-state index contributed by atoms with van der Waals surface area (Å²) in [6.07, 6.45) is 1.27. The Morgan fingerprint density at radius 1 is 1.18 bits per heavy atom. The molecular formula is C21H25FN2O3S. The smallest absolute Gasteiger partial charge is 0.243 e. The number of nitrogens with one attached hydrogen (secondary N) is 1. The average Bonchev–Trinajstić information content (AvgIpc) is 2.72. The van der Waals surface area contributed by atoms with Gasteiger partial charge in [-0.25, -0.2) is 12.8 Å². The van der Waals surface area contributed by atoms with E-state index in [-0.39, 0.29) is 29.2 Å². The summed E-state index contributed by atoms with van der Waals surface area (Å²) in [6, 6.07) is 14.7. The van der Waals surface area contributed by atoms with E-state index >= 15 is 0 Å². The molecule has 2 aromatic rings. The highest BCUT2D eigenvalue weighted by Crippen LogP contribution is 2.24. The summed E-state index contributed by atoms with van der Waals surface area (Å²) in [5.74, 6) is -0.816. The fourth-order valence-corrected chi connectivity index (χ4v) is 4.95. The molecule has 1 saturated heterocycles. The van der Waals surface area contributed by atoms with Crippen molar-refractivity contribution in [1.82, 2.24) is 9.62 Å². The second kappa shape index (κ2) is 8.84. The monoisotopic (exact) mass is 404 g/mol. The van der Waals surface area contributed by atoms with Crippen LogP contribution in [0.25, 0.3) is 0 Å². The first-order valence-corrected chi connectivity index (χ1v) is 10.9. The number of carbonyl (C=O) groups excluding carboxylic acids is 1. The SMILES string of the molecule is C[C@@H](CNC(=O)[C@H]1CCCN(S(=O)(=O)c2ccc(F)cc2)C1)c1ccccc1. The maximum atomic E-state index is 13.1. The Morgan fingerprint density at radius 2 is 1.86 bits per heavy atom. The molecule has 0 bridgehead atoms. The van der Waals surface area contributed by atoms with E-state index in [4.69, 9.17) is 0 Å². The number of rotatable bonds is 6. The van der Waals surface area contributed by atoms with Gasteiger partial charge in [0.1, 0.15) is 5.82 Å². The van der Waals surface area contributed by atoms with Crippen LogP contribution in [0.4, 0.5) is 4.39 Å². The zero-order valence-corrected chi connectivity index (χ0v) is 16.7. The third-order valence-electron chi connectivity index (χ3n) is 5.16. The Morgan fingerprint density at radius 3 is 2.54 bits per heavy atom. The fraction of sp³-hybridized carbons (Fsp3) is 0.381. The number of hydrogen-bond donors (Lipinski definition) is 1. The van der Waals surface area contributed by atoms with Gasteiger partial charge in [-0.1, -0.05) is 37.3 Å². The van der Waals surface area contributed by atoms with Crippen LogP contribution in [0.3, 0.4) is 0 Å². The second-order valence-corrected chi connectivity index (χ2v) is 9.15. The maximum Gasteiger partial charge on any atom is 0.243 e. The van der Waals surface area contributed by atoms with Gasteiger partial charge in [0, 0.05) is 19.6 Å². The van der Waals surface area contributed by atoms with E-state index in [9.17, 15) is 17.6 Å². The topological polar surface area (TPSA) is 66.5 Å². The number of benzene rings is 2. The lowest BCUT2D eigenvalue weighted by Gasteiger charge is -2.31. The van der Waals surface area contributed by atoms with Gasteiger partial charge in [-0.3, -0.25) is 4.79 Å². The van der Waals surface area contributed by atoms with Crippen molar-refractivity contribution in [3.8, 4) is 0 Å². The van der Waals surface area contributed by atoms with Crippen molar-refractivity contribution in [1.29, 1.82) is 0 Å². The van der Waals surface area contributed by atoms with E-state index in [1.54, 1.807) is 0 Å². The molecule has 0 spiro atoms. The minimum atomic E-state index is -3.73. The molecule has 1 fully saturated rings. The van der Waals surface area contributed by atoms with Gasteiger partial charge >= 0.3 is 0 Å². The molecule has 1 N–H and O–H groups in total. The third-order valence-corrected chi connectivity index (χ3v) is 7.04. The average molecular weight is 405 g/mol. The van der Waals surface area contributed by atoms with Gasteiger partial charge in [0.05, 0.1) is 10.8 Å². The van der Waals surface area contributed by atoms with Gasteiger partial charge in [-0.15, -0.1) is 0 Å². The van der Waals surface area contributed by atoms with E-state index in [0.29, 0.717) is 25.9 Å². The minimum Gasteiger partial charge on any atom is -0.355 e. The number of piperidine rings is 1. The van der Waals surface area contributed by atoms with Crippen molar-refractivity contribution in [3.63, 3.8) is 0 Å². The summed E-state index contributed by atoms with van der Waals surface area (Å²) < 4.78 is 40.0. The van der Waals surface area contributed by atoms with Gasteiger partial charge < -0.3 is 5.32 Å². The summed E-state index contributed by atoms with van der Waals surface area (Å²) in [4.78, 5) is 12.7. The molecule has 5 nitrogen and oxygen atoms in total. The van der Waals surface area contributed by atoms with E-state index < -0.39 is 15.8 Å². The predicted molar refractivity (Wildman–Crippen MR) is 106 cm³/mol. The molecule has 1 amide bonds. The van der Waals surface area contributed by atoms with Crippen molar-refractivity contribution in [2.75, 3.05) is 19.6 Å². The van der Waals surface area contributed by atoms with Crippen LogP contribution >= 0.6 is 0 Å². The number of halogens is 1. The fourth-order valence-electron chi connectivity index (χ4n) is 3.43. The highest BCUT2D eigenvalue weighted by molar-refractivity contribution is 7.89. The van der Waals surface area contributed by atoms with Crippen LogP contribution < -0.4 is 5.32 Å². The van der Waals surface area contributed by atoms with Crippen LogP contribution in [-0.2, 0) is 14.8 Å². The molecule has 28 heavy (non-hydrogen) atoms. The molecule has 0 radical (unpaired) electrons. The molecule has 7 heteroatoms. The maximum absolute atomic E-state index is 13.1. The van der Waals surface area contributed by atoms with Crippen LogP contribution in [0.2, 0.25) is 0 Å². The van der Waals surface area contributed by atoms with Crippen LogP contribution in [0, 0.1) is 11.7 Å². The Kier molecular flexibility index (Phi) is 6.46. The van der Waals surface area contributed by atoms with E-state index in [1.165, 1.54) is 16.4 Å². The molecule has 0 aliphatic carbocycles. The lowest BCUT2D eigenvalue weighted by molar-refractivity contribution is -0.126. The molecule has 2 aromatic carbocycles. The van der Waals surface area contributed by atoms with E-state index in [1.807, 2.05) is 37.3 Å². The largest absolute Gasteiger partial charge is 0.355 e. The first-order chi connectivity index (χ1) is 13.4. The van der Waals surface area contributed by atoms with E-state index in [2.05, 4.69) is 5.32 Å². The second-order valence-electron chi connectivity index (χ2n) is 7.21.